The summed E-state index contributed by atoms with van der Waals surface area (Å²) in [6.07, 6.45) is 7.93. The quantitative estimate of drug-likeness (QED) is 0.812. The van der Waals surface area contributed by atoms with Gasteiger partial charge in [0, 0.05) is 39.1 Å². The first-order chi connectivity index (χ1) is 9.36. The van der Waals surface area contributed by atoms with Crippen molar-refractivity contribution in [1.82, 2.24) is 9.88 Å². The molecule has 3 rings (SSSR count). The van der Waals surface area contributed by atoms with Gasteiger partial charge in [-0.05, 0) is 48.6 Å². The number of nitrogens with zero attached hydrogens (tertiary/aromatic N) is 2. The van der Waals surface area contributed by atoms with Crippen LogP contribution in [0.1, 0.15) is 18.4 Å². The van der Waals surface area contributed by atoms with Crippen molar-refractivity contribution in [3.63, 3.8) is 0 Å². The highest BCUT2D eigenvalue weighted by Gasteiger charge is 2.41. The third-order valence-electron chi connectivity index (χ3n) is 4.91. The van der Waals surface area contributed by atoms with Crippen LogP contribution in [0.4, 0.5) is 0 Å². The second-order valence-electron chi connectivity index (χ2n) is 6.08. The van der Waals surface area contributed by atoms with Gasteiger partial charge in [-0.25, -0.2) is 0 Å². The molecule has 0 bridgehead atoms. The number of likely N-dealkylation sites (tertiary alicyclic amines) is 1. The number of rotatable bonds is 5. The maximum atomic E-state index is 5.20. The molecule has 2 fully saturated rings. The smallest absolute Gasteiger partial charge is 0.0589 e. The van der Waals surface area contributed by atoms with Crippen LogP contribution in [0.25, 0.3) is 0 Å². The highest BCUT2D eigenvalue weighted by molar-refractivity contribution is 5.11. The second kappa shape index (κ2) is 6.02. The van der Waals surface area contributed by atoms with Crippen LogP contribution in [-0.2, 0) is 11.2 Å². The molecule has 1 saturated heterocycles. The van der Waals surface area contributed by atoms with Gasteiger partial charge in [0.05, 0.1) is 6.61 Å². The molecule has 19 heavy (non-hydrogen) atoms. The molecule has 0 spiro atoms. The van der Waals surface area contributed by atoms with Crippen molar-refractivity contribution in [3.05, 3.63) is 30.1 Å². The number of fused-ring (bicyclic) bond motifs is 1. The number of ether oxygens (including phenoxy) is 1. The summed E-state index contributed by atoms with van der Waals surface area (Å²) < 4.78 is 5.20. The predicted molar refractivity (Wildman–Crippen MR) is 76.0 cm³/mol. The number of hydrogen-bond donors (Lipinski definition) is 0. The Morgan fingerprint density at radius 1 is 1.37 bits per heavy atom. The third-order valence-corrected chi connectivity index (χ3v) is 4.91. The van der Waals surface area contributed by atoms with Gasteiger partial charge in [0.2, 0.25) is 0 Å². The van der Waals surface area contributed by atoms with Crippen LogP contribution in [0.15, 0.2) is 24.5 Å². The largest absolute Gasteiger partial charge is 0.383 e. The Balaban J connectivity index is 1.57. The molecule has 1 aliphatic heterocycles. The van der Waals surface area contributed by atoms with E-state index >= 15 is 0 Å². The number of aromatic nitrogens is 1. The molecule has 1 aromatic rings. The number of pyridine rings is 1. The Kier molecular flexibility index (Phi) is 4.14. The molecule has 3 nitrogen and oxygen atoms in total. The Bertz CT molecular complexity index is 395. The van der Waals surface area contributed by atoms with E-state index in [0.29, 0.717) is 0 Å². The van der Waals surface area contributed by atoms with Gasteiger partial charge in [-0.3, -0.25) is 4.98 Å². The average Bonchev–Trinajstić information content (AvgIpc) is 2.99. The van der Waals surface area contributed by atoms with Gasteiger partial charge in [0.15, 0.2) is 0 Å². The van der Waals surface area contributed by atoms with Gasteiger partial charge in [-0.2, -0.15) is 0 Å². The molecule has 0 radical (unpaired) electrons. The van der Waals surface area contributed by atoms with Crippen LogP contribution in [0.5, 0.6) is 0 Å². The Labute approximate surface area is 116 Å². The lowest BCUT2D eigenvalue weighted by Gasteiger charge is -2.20. The molecule has 1 aromatic heterocycles. The fraction of sp³-hybridized carbons (Fsp3) is 0.688. The minimum Gasteiger partial charge on any atom is -0.383 e. The van der Waals surface area contributed by atoms with Gasteiger partial charge in [0.25, 0.3) is 0 Å². The van der Waals surface area contributed by atoms with Crippen LogP contribution < -0.4 is 0 Å². The van der Waals surface area contributed by atoms with Crippen molar-refractivity contribution in [2.24, 2.45) is 17.8 Å². The van der Waals surface area contributed by atoms with Crippen molar-refractivity contribution in [2.45, 2.75) is 19.3 Å². The second-order valence-corrected chi connectivity index (χ2v) is 6.08. The molecule has 1 saturated carbocycles. The van der Waals surface area contributed by atoms with Crippen molar-refractivity contribution in [3.8, 4) is 0 Å². The van der Waals surface area contributed by atoms with E-state index in [0.717, 1.165) is 30.9 Å². The summed E-state index contributed by atoms with van der Waals surface area (Å²) in [4.78, 5) is 6.83. The molecular weight excluding hydrogens is 236 g/mol. The minimum absolute atomic E-state index is 0.863. The maximum absolute atomic E-state index is 5.20. The molecule has 3 atom stereocenters. The topological polar surface area (TPSA) is 25.4 Å². The van der Waals surface area contributed by atoms with E-state index in [-0.39, 0.29) is 0 Å². The molecule has 104 valence electrons. The van der Waals surface area contributed by atoms with E-state index in [1.807, 2.05) is 12.4 Å². The monoisotopic (exact) mass is 260 g/mol. The zero-order valence-electron chi connectivity index (χ0n) is 11.8. The van der Waals surface area contributed by atoms with Gasteiger partial charge in [-0.15, -0.1) is 0 Å². The molecule has 1 aliphatic carbocycles. The van der Waals surface area contributed by atoms with Crippen molar-refractivity contribution in [1.29, 1.82) is 0 Å². The van der Waals surface area contributed by atoms with Crippen LogP contribution in [0.2, 0.25) is 0 Å². The molecule has 0 N–H and O–H groups in total. The summed E-state index contributed by atoms with van der Waals surface area (Å²) in [6, 6.07) is 4.28. The Morgan fingerprint density at radius 3 is 3.11 bits per heavy atom. The molecule has 0 unspecified atom stereocenters. The first-order valence-electron chi connectivity index (χ1n) is 7.47. The molecule has 2 heterocycles. The summed E-state index contributed by atoms with van der Waals surface area (Å²) in [5.41, 5.74) is 1.41. The Morgan fingerprint density at radius 2 is 2.32 bits per heavy atom. The zero-order valence-corrected chi connectivity index (χ0v) is 11.8. The van der Waals surface area contributed by atoms with Crippen LogP contribution >= 0.6 is 0 Å². The number of hydrogen-bond acceptors (Lipinski definition) is 3. The first kappa shape index (κ1) is 13.1. The lowest BCUT2D eigenvalue weighted by Crippen LogP contribution is -2.27. The van der Waals surface area contributed by atoms with Crippen molar-refractivity contribution < 1.29 is 4.74 Å². The van der Waals surface area contributed by atoms with Gasteiger partial charge < -0.3 is 9.64 Å². The average molecular weight is 260 g/mol. The summed E-state index contributed by atoms with van der Waals surface area (Å²) >= 11 is 0. The molecular formula is C16H24N2O. The van der Waals surface area contributed by atoms with E-state index in [1.54, 1.807) is 7.11 Å². The van der Waals surface area contributed by atoms with E-state index in [2.05, 4.69) is 22.0 Å². The number of methoxy groups -OCH3 is 1. The normalized spacial score (nSPS) is 30.7. The standard InChI is InChI=1S/C16H24N2O/c1-19-8-7-18-11-15-5-4-14(16(15)12-18)9-13-3-2-6-17-10-13/h2-3,6,10,14-16H,4-5,7-9,11-12H2,1H3/t14-,15-,16-/m1/s1. The van der Waals surface area contributed by atoms with Gasteiger partial charge >= 0.3 is 0 Å². The van der Waals surface area contributed by atoms with E-state index < -0.39 is 0 Å². The first-order valence-corrected chi connectivity index (χ1v) is 7.47. The predicted octanol–water partition coefficient (Wildman–Crippen LogP) is 2.23. The van der Waals surface area contributed by atoms with E-state index in [1.165, 1.54) is 37.9 Å². The van der Waals surface area contributed by atoms with Crippen molar-refractivity contribution in [2.75, 3.05) is 33.4 Å². The SMILES string of the molecule is COCCN1C[C@H]2CC[C@H](Cc3cccnc3)[C@H]2C1. The molecule has 0 amide bonds. The van der Waals surface area contributed by atoms with E-state index in [9.17, 15) is 0 Å². The van der Waals surface area contributed by atoms with E-state index in [4.69, 9.17) is 4.74 Å². The lowest BCUT2D eigenvalue weighted by molar-refractivity contribution is 0.154. The molecule has 2 aliphatic rings. The van der Waals surface area contributed by atoms with Crippen molar-refractivity contribution >= 4 is 0 Å². The fourth-order valence-corrected chi connectivity index (χ4v) is 3.95. The molecule has 3 heteroatoms. The molecule has 0 aromatic carbocycles. The summed E-state index contributed by atoms with van der Waals surface area (Å²) in [7, 11) is 1.79. The highest BCUT2D eigenvalue weighted by atomic mass is 16.5. The van der Waals surface area contributed by atoms with Gasteiger partial charge in [0.1, 0.15) is 0 Å². The maximum Gasteiger partial charge on any atom is 0.0589 e. The zero-order chi connectivity index (χ0) is 13.1. The minimum atomic E-state index is 0.863. The lowest BCUT2D eigenvalue weighted by atomic mass is 9.88. The Hall–Kier alpha value is -0.930. The fourth-order valence-electron chi connectivity index (χ4n) is 3.95. The third kappa shape index (κ3) is 2.98. The van der Waals surface area contributed by atoms with Crippen LogP contribution in [0, 0.1) is 17.8 Å². The summed E-state index contributed by atoms with van der Waals surface area (Å²) in [5.74, 6) is 2.69. The summed E-state index contributed by atoms with van der Waals surface area (Å²) in [5, 5.41) is 0. The summed E-state index contributed by atoms with van der Waals surface area (Å²) in [6.45, 7) is 4.53. The van der Waals surface area contributed by atoms with Gasteiger partial charge in [-0.1, -0.05) is 6.07 Å². The van der Waals surface area contributed by atoms with Crippen LogP contribution in [-0.4, -0.2) is 43.2 Å². The van der Waals surface area contributed by atoms with Crippen LogP contribution in [0.3, 0.4) is 0 Å². The highest BCUT2D eigenvalue weighted by Crippen LogP contribution is 2.43.